The van der Waals surface area contributed by atoms with Gasteiger partial charge in [-0.1, -0.05) is 36.3 Å². The average Bonchev–Trinajstić information content (AvgIpc) is 2.66. The Kier molecular flexibility index (Phi) is 5.47. The van der Waals surface area contributed by atoms with Gasteiger partial charge in [0.2, 0.25) is 0 Å². The molecule has 1 atom stereocenters. The van der Waals surface area contributed by atoms with E-state index in [0.717, 1.165) is 0 Å². The van der Waals surface area contributed by atoms with Crippen molar-refractivity contribution in [2.75, 3.05) is 0 Å². The monoisotopic (exact) mass is 388 g/mol. The maximum atomic E-state index is 13.5. The van der Waals surface area contributed by atoms with Crippen molar-refractivity contribution in [1.82, 2.24) is 9.88 Å². The zero-order valence-electron chi connectivity index (χ0n) is 17.0. The van der Waals surface area contributed by atoms with E-state index in [2.05, 4.69) is 11.2 Å². The largest absolute Gasteiger partial charge is 0.440 e. The number of carbonyl (C=O) groups is 1. The van der Waals surface area contributed by atoms with Crippen LogP contribution in [0.5, 0.6) is 0 Å². The molecule has 3 aromatic rings. The Morgan fingerprint density at radius 2 is 1.83 bits per heavy atom. The summed E-state index contributed by atoms with van der Waals surface area (Å²) in [7, 11) is 0. The maximum absolute atomic E-state index is 13.5. The zero-order chi connectivity index (χ0) is 21.2. The third kappa shape index (κ3) is 4.33. The molecular weight excluding hydrogens is 364 g/mol. The van der Waals surface area contributed by atoms with Gasteiger partial charge in [0.15, 0.2) is 0 Å². The van der Waals surface area contributed by atoms with Crippen LogP contribution in [0.1, 0.15) is 45.1 Å². The number of fused-ring (bicyclic) bond motifs is 1. The standard InChI is InChI=1S/C24H24N2O3/c1-6-17-11-10-12-18-15-20(16(2)29-23(28)25-24(3,4)5)26(22(27)21(17)18)19-13-8-7-9-14-19/h1,7-16H,2-5H3,(H,25,28)/t16-/m0/s1. The molecule has 1 amide bonds. The van der Waals surface area contributed by atoms with Crippen molar-refractivity contribution in [3.8, 4) is 18.0 Å². The third-order valence-corrected chi connectivity index (χ3v) is 4.42. The minimum absolute atomic E-state index is 0.246. The molecule has 0 spiro atoms. The zero-order valence-corrected chi connectivity index (χ0v) is 17.0. The Hall–Kier alpha value is -3.52. The summed E-state index contributed by atoms with van der Waals surface area (Å²) in [6, 6.07) is 16.5. The highest BCUT2D eigenvalue weighted by atomic mass is 16.6. The topological polar surface area (TPSA) is 60.3 Å². The summed E-state index contributed by atoms with van der Waals surface area (Å²) in [5.74, 6) is 2.59. The second kappa shape index (κ2) is 7.84. The Balaban J connectivity index is 2.19. The van der Waals surface area contributed by atoms with Gasteiger partial charge in [-0.05, 0) is 57.3 Å². The summed E-state index contributed by atoms with van der Waals surface area (Å²) in [5, 5.41) is 3.95. The fourth-order valence-corrected chi connectivity index (χ4v) is 3.20. The van der Waals surface area contributed by atoms with Gasteiger partial charge < -0.3 is 10.1 Å². The number of pyridine rings is 1. The lowest BCUT2D eigenvalue weighted by Crippen LogP contribution is -2.41. The molecule has 0 saturated carbocycles. The Bertz CT molecular complexity index is 1150. The Morgan fingerprint density at radius 3 is 2.45 bits per heavy atom. The van der Waals surface area contributed by atoms with E-state index in [1.54, 1.807) is 17.6 Å². The first-order valence-electron chi connectivity index (χ1n) is 9.41. The minimum Gasteiger partial charge on any atom is -0.440 e. The van der Waals surface area contributed by atoms with Crippen molar-refractivity contribution >= 4 is 16.9 Å². The maximum Gasteiger partial charge on any atom is 0.408 e. The molecule has 0 aliphatic carbocycles. The number of hydrogen-bond donors (Lipinski definition) is 1. The lowest BCUT2D eigenvalue weighted by atomic mass is 10.0. The van der Waals surface area contributed by atoms with Crippen molar-refractivity contribution in [3.63, 3.8) is 0 Å². The molecule has 1 N–H and O–H groups in total. The van der Waals surface area contributed by atoms with E-state index in [0.29, 0.717) is 27.7 Å². The molecule has 5 nitrogen and oxygen atoms in total. The molecule has 1 aromatic heterocycles. The number of hydrogen-bond acceptors (Lipinski definition) is 3. The van der Waals surface area contributed by atoms with Crippen LogP contribution in [0.3, 0.4) is 0 Å². The highest BCUT2D eigenvalue weighted by Gasteiger charge is 2.22. The molecule has 29 heavy (non-hydrogen) atoms. The number of nitrogens with one attached hydrogen (secondary N) is 1. The predicted octanol–water partition coefficient (Wildman–Crippen LogP) is 4.56. The van der Waals surface area contributed by atoms with Crippen LogP contribution in [0.25, 0.3) is 16.5 Å². The summed E-state index contributed by atoms with van der Waals surface area (Å²) in [6.45, 7) is 7.36. The van der Waals surface area contributed by atoms with Crippen LogP contribution in [0.2, 0.25) is 0 Å². The number of benzene rings is 2. The van der Waals surface area contributed by atoms with Crippen LogP contribution < -0.4 is 10.9 Å². The fraction of sp³-hybridized carbons (Fsp3) is 0.250. The second-order valence-corrected chi connectivity index (χ2v) is 7.88. The molecule has 2 aromatic carbocycles. The SMILES string of the molecule is C#Cc1cccc2cc([C@H](C)OC(=O)NC(C)(C)C)n(-c3ccccc3)c(=O)c12. The average molecular weight is 388 g/mol. The molecule has 0 bridgehead atoms. The summed E-state index contributed by atoms with van der Waals surface area (Å²) in [4.78, 5) is 25.8. The molecule has 0 radical (unpaired) electrons. The first-order chi connectivity index (χ1) is 13.7. The van der Waals surface area contributed by atoms with E-state index in [4.69, 9.17) is 11.2 Å². The summed E-state index contributed by atoms with van der Waals surface area (Å²) in [5.41, 5.74) is 1.09. The van der Waals surface area contributed by atoms with Gasteiger partial charge in [0.05, 0.1) is 11.1 Å². The van der Waals surface area contributed by atoms with Gasteiger partial charge >= 0.3 is 6.09 Å². The van der Waals surface area contributed by atoms with E-state index < -0.39 is 17.7 Å². The molecule has 0 aliphatic heterocycles. The minimum atomic E-state index is -0.663. The van der Waals surface area contributed by atoms with Crippen LogP contribution in [-0.2, 0) is 4.74 Å². The predicted molar refractivity (Wildman–Crippen MR) is 115 cm³/mol. The Morgan fingerprint density at radius 1 is 1.14 bits per heavy atom. The van der Waals surface area contributed by atoms with E-state index in [1.807, 2.05) is 69.3 Å². The molecule has 148 valence electrons. The van der Waals surface area contributed by atoms with Gasteiger partial charge in [0.1, 0.15) is 6.10 Å². The number of terminal acetylenes is 1. The van der Waals surface area contributed by atoms with Gasteiger partial charge in [-0.15, -0.1) is 6.42 Å². The normalized spacial score (nSPS) is 12.2. The molecule has 0 aliphatic rings. The van der Waals surface area contributed by atoms with Crippen molar-refractivity contribution in [3.05, 3.63) is 76.2 Å². The molecule has 0 unspecified atom stereocenters. The van der Waals surface area contributed by atoms with Crippen LogP contribution in [0.15, 0.2) is 59.4 Å². The first-order valence-corrected chi connectivity index (χ1v) is 9.41. The molecule has 0 fully saturated rings. The van der Waals surface area contributed by atoms with Crippen molar-refractivity contribution in [2.24, 2.45) is 0 Å². The van der Waals surface area contributed by atoms with E-state index >= 15 is 0 Å². The summed E-state index contributed by atoms with van der Waals surface area (Å²) >= 11 is 0. The number of rotatable bonds is 3. The van der Waals surface area contributed by atoms with Crippen LogP contribution in [0, 0.1) is 12.3 Å². The summed E-state index contributed by atoms with van der Waals surface area (Å²) in [6.07, 6.45) is 4.41. The summed E-state index contributed by atoms with van der Waals surface area (Å²) < 4.78 is 7.14. The van der Waals surface area contributed by atoms with E-state index in [1.165, 1.54) is 0 Å². The smallest absolute Gasteiger partial charge is 0.408 e. The highest BCUT2D eigenvalue weighted by molar-refractivity contribution is 5.88. The number of para-hydroxylation sites is 1. The van der Waals surface area contributed by atoms with Crippen LogP contribution in [-0.4, -0.2) is 16.2 Å². The molecular formula is C24H24N2O3. The highest BCUT2D eigenvalue weighted by Crippen LogP contribution is 2.25. The van der Waals surface area contributed by atoms with Crippen LogP contribution in [0.4, 0.5) is 4.79 Å². The third-order valence-electron chi connectivity index (χ3n) is 4.42. The fourth-order valence-electron chi connectivity index (χ4n) is 3.20. The molecule has 0 saturated heterocycles. The Labute approximate surface area is 170 Å². The number of aromatic nitrogens is 1. The van der Waals surface area contributed by atoms with Crippen molar-refractivity contribution in [1.29, 1.82) is 0 Å². The van der Waals surface area contributed by atoms with Gasteiger partial charge in [-0.25, -0.2) is 4.79 Å². The molecule has 3 rings (SSSR count). The number of alkyl carbamates (subject to hydrolysis) is 1. The van der Waals surface area contributed by atoms with Crippen LogP contribution >= 0.6 is 0 Å². The van der Waals surface area contributed by atoms with Crippen molar-refractivity contribution < 1.29 is 9.53 Å². The lowest BCUT2D eigenvalue weighted by molar-refractivity contribution is 0.0969. The number of amides is 1. The molecule has 5 heteroatoms. The first kappa shape index (κ1) is 20.2. The van der Waals surface area contributed by atoms with E-state index in [-0.39, 0.29) is 5.56 Å². The van der Waals surface area contributed by atoms with Gasteiger partial charge in [-0.3, -0.25) is 9.36 Å². The molecule has 1 heterocycles. The van der Waals surface area contributed by atoms with Gasteiger partial charge in [-0.2, -0.15) is 0 Å². The number of carbonyl (C=O) groups excluding carboxylic acids is 1. The second-order valence-electron chi connectivity index (χ2n) is 7.88. The van der Waals surface area contributed by atoms with Gasteiger partial charge in [0, 0.05) is 16.8 Å². The van der Waals surface area contributed by atoms with Gasteiger partial charge in [0.25, 0.3) is 5.56 Å². The van der Waals surface area contributed by atoms with Crippen molar-refractivity contribution in [2.45, 2.75) is 39.3 Å². The quantitative estimate of drug-likeness (QED) is 0.669. The number of nitrogens with zero attached hydrogens (tertiary/aromatic N) is 1. The lowest BCUT2D eigenvalue weighted by Gasteiger charge is -2.24. The number of ether oxygens (including phenoxy) is 1. The van der Waals surface area contributed by atoms with E-state index in [9.17, 15) is 9.59 Å².